The lowest BCUT2D eigenvalue weighted by molar-refractivity contribution is -0.137. The lowest BCUT2D eigenvalue weighted by atomic mass is 9.92. The van der Waals surface area contributed by atoms with E-state index in [4.69, 9.17) is 0 Å². The van der Waals surface area contributed by atoms with Gasteiger partial charge in [-0.2, -0.15) is 0 Å². The number of rotatable bonds is 5. The maximum atomic E-state index is 11.7. The van der Waals surface area contributed by atoms with Crippen LogP contribution in [0.1, 0.15) is 20.3 Å². The Balaban J connectivity index is 2.46. The van der Waals surface area contributed by atoms with Gasteiger partial charge in [-0.15, -0.1) is 0 Å². The van der Waals surface area contributed by atoms with Crippen molar-refractivity contribution in [1.29, 1.82) is 0 Å². The molecule has 0 saturated carbocycles. The maximum Gasteiger partial charge on any atom is 0.246 e. The van der Waals surface area contributed by atoms with Crippen LogP contribution in [0.25, 0.3) is 0 Å². The molecule has 1 aliphatic heterocycles. The Bertz CT molecular complexity index is 313. The predicted octanol–water partition coefficient (Wildman–Crippen LogP) is -0.0789. The number of carbonyl (C=O) groups excluding carboxylic acids is 2. The Hall–Kier alpha value is -0.940. The van der Waals surface area contributed by atoms with Gasteiger partial charge in [-0.25, -0.2) is 0 Å². The molecule has 1 atom stereocenters. The summed E-state index contributed by atoms with van der Waals surface area (Å²) in [7, 11) is 5.59. The third-order valence-electron chi connectivity index (χ3n) is 2.95. The van der Waals surface area contributed by atoms with Crippen molar-refractivity contribution in [2.45, 2.75) is 26.3 Å². The Labute approximate surface area is 103 Å². The van der Waals surface area contributed by atoms with Crippen molar-refractivity contribution < 1.29 is 9.59 Å². The maximum absolute atomic E-state index is 11.7. The molecular weight excluding hydrogens is 218 g/mol. The van der Waals surface area contributed by atoms with Gasteiger partial charge >= 0.3 is 0 Å². The zero-order chi connectivity index (χ0) is 13.2. The summed E-state index contributed by atoms with van der Waals surface area (Å²) in [5, 5.41) is 3.20. The lowest BCUT2D eigenvalue weighted by Gasteiger charge is -2.29. The molecule has 98 valence electrons. The number of likely N-dealkylation sites (tertiary alicyclic amines) is 1. The number of carbonyl (C=O) groups is 2. The molecule has 0 aliphatic carbocycles. The first-order valence-corrected chi connectivity index (χ1v) is 5.91. The van der Waals surface area contributed by atoms with Gasteiger partial charge < -0.3 is 10.2 Å². The molecule has 0 aromatic heterocycles. The minimum atomic E-state index is -0.339. The summed E-state index contributed by atoms with van der Waals surface area (Å²) < 4.78 is 0. The molecule has 1 N–H and O–H groups in total. The van der Waals surface area contributed by atoms with Gasteiger partial charge in [0.15, 0.2) is 0 Å². The third-order valence-corrected chi connectivity index (χ3v) is 2.95. The van der Waals surface area contributed by atoms with Crippen molar-refractivity contribution >= 4 is 11.8 Å². The van der Waals surface area contributed by atoms with E-state index in [1.54, 1.807) is 0 Å². The molecule has 5 heteroatoms. The van der Waals surface area contributed by atoms with E-state index < -0.39 is 0 Å². The summed E-state index contributed by atoms with van der Waals surface area (Å²) in [6.45, 7) is 5.95. The molecule has 1 unspecified atom stereocenters. The highest BCUT2D eigenvalue weighted by Gasteiger charge is 2.36. The number of hydrogen-bond acceptors (Lipinski definition) is 4. The Morgan fingerprint density at radius 1 is 1.41 bits per heavy atom. The van der Waals surface area contributed by atoms with E-state index in [1.165, 1.54) is 11.9 Å². The topological polar surface area (TPSA) is 52.7 Å². The first-order chi connectivity index (χ1) is 7.73. The van der Waals surface area contributed by atoms with Crippen molar-refractivity contribution in [2.24, 2.45) is 5.41 Å². The number of imide groups is 1. The monoisotopic (exact) mass is 241 g/mol. The fourth-order valence-electron chi connectivity index (χ4n) is 2.23. The summed E-state index contributed by atoms with van der Waals surface area (Å²) in [4.78, 5) is 26.4. The van der Waals surface area contributed by atoms with Crippen molar-refractivity contribution in [3.8, 4) is 0 Å². The van der Waals surface area contributed by atoms with Gasteiger partial charge in [-0.1, -0.05) is 13.8 Å². The first kappa shape index (κ1) is 14.1. The quantitative estimate of drug-likeness (QED) is 0.684. The molecule has 0 spiro atoms. The minimum absolute atomic E-state index is 0.0774. The van der Waals surface area contributed by atoms with Crippen LogP contribution in [-0.4, -0.2) is 61.9 Å². The second kappa shape index (κ2) is 5.14. The summed E-state index contributed by atoms with van der Waals surface area (Å²) in [6.07, 6.45) is 0.285. The van der Waals surface area contributed by atoms with Crippen LogP contribution in [0.5, 0.6) is 0 Å². The molecule has 0 radical (unpaired) electrons. The molecule has 1 heterocycles. The zero-order valence-corrected chi connectivity index (χ0v) is 11.4. The normalized spacial score (nSPS) is 21.8. The average molecular weight is 241 g/mol. The van der Waals surface area contributed by atoms with Crippen LogP contribution >= 0.6 is 0 Å². The molecule has 1 aliphatic rings. The zero-order valence-electron chi connectivity index (χ0n) is 11.4. The van der Waals surface area contributed by atoms with Gasteiger partial charge in [-0.3, -0.25) is 14.5 Å². The summed E-state index contributed by atoms with van der Waals surface area (Å²) in [5.41, 5.74) is 0.0774. The van der Waals surface area contributed by atoms with Crippen LogP contribution in [0, 0.1) is 5.41 Å². The van der Waals surface area contributed by atoms with Crippen molar-refractivity contribution in [3.63, 3.8) is 0 Å². The van der Waals surface area contributed by atoms with Crippen molar-refractivity contribution in [2.75, 3.05) is 34.2 Å². The molecule has 1 rings (SSSR count). The molecule has 5 nitrogen and oxygen atoms in total. The summed E-state index contributed by atoms with van der Waals surface area (Å²) >= 11 is 0. The summed E-state index contributed by atoms with van der Waals surface area (Å²) in [6, 6.07) is -0.339. The summed E-state index contributed by atoms with van der Waals surface area (Å²) in [5.74, 6) is -0.214. The van der Waals surface area contributed by atoms with E-state index in [0.717, 1.165) is 13.1 Å². The van der Waals surface area contributed by atoms with Crippen LogP contribution in [0.15, 0.2) is 0 Å². The second-order valence-electron chi connectivity index (χ2n) is 5.83. The Morgan fingerprint density at radius 2 is 2.00 bits per heavy atom. The van der Waals surface area contributed by atoms with Crippen molar-refractivity contribution in [3.05, 3.63) is 0 Å². The number of nitrogens with zero attached hydrogens (tertiary/aromatic N) is 2. The van der Waals surface area contributed by atoms with Gasteiger partial charge in [-0.05, 0) is 19.5 Å². The van der Waals surface area contributed by atoms with Gasteiger partial charge in [0.25, 0.3) is 0 Å². The standard InChI is InChI=1S/C12H23N3O2/c1-12(2,8-14(3)4)7-13-9-6-10(16)15(5)11(9)17/h9,13H,6-8H2,1-5H3. The second-order valence-corrected chi connectivity index (χ2v) is 5.83. The number of amides is 2. The van der Waals surface area contributed by atoms with E-state index in [9.17, 15) is 9.59 Å². The molecule has 1 fully saturated rings. The van der Waals surface area contributed by atoms with Gasteiger partial charge in [0.1, 0.15) is 0 Å². The lowest BCUT2D eigenvalue weighted by Crippen LogP contribution is -2.44. The third kappa shape index (κ3) is 3.78. The molecule has 0 bridgehead atoms. The Kier molecular flexibility index (Phi) is 4.27. The van der Waals surface area contributed by atoms with Crippen LogP contribution < -0.4 is 5.32 Å². The first-order valence-electron chi connectivity index (χ1n) is 5.91. The van der Waals surface area contributed by atoms with Crippen molar-refractivity contribution in [1.82, 2.24) is 15.1 Å². The molecule has 2 amide bonds. The van der Waals surface area contributed by atoms with Crippen LogP contribution in [-0.2, 0) is 9.59 Å². The van der Waals surface area contributed by atoms with E-state index >= 15 is 0 Å². The van der Waals surface area contributed by atoms with Crippen LogP contribution in [0.4, 0.5) is 0 Å². The molecule has 0 aromatic rings. The SMILES string of the molecule is CN(C)CC(C)(C)CNC1CC(=O)N(C)C1=O. The Morgan fingerprint density at radius 3 is 2.41 bits per heavy atom. The largest absolute Gasteiger partial charge is 0.309 e. The fourth-order valence-corrected chi connectivity index (χ4v) is 2.23. The molecule has 1 saturated heterocycles. The molecule has 17 heavy (non-hydrogen) atoms. The van der Waals surface area contributed by atoms with E-state index in [1.807, 2.05) is 14.1 Å². The minimum Gasteiger partial charge on any atom is -0.309 e. The van der Waals surface area contributed by atoms with Crippen LogP contribution in [0.2, 0.25) is 0 Å². The molecule has 0 aromatic carbocycles. The highest BCUT2D eigenvalue weighted by atomic mass is 16.2. The van der Waals surface area contributed by atoms with Gasteiger partial charge in [0.2, 0.25) is 11.8 Å². The number of nitrogens with one attached hydrogen (secondary N) is 1. The van der Waals surface area contributed by atoms with Gasteiger partial charge in [0.05, 0.1) is 12.5 Å². The van der Waals surface area contributed by atoms with Crippen LogP contribution in [0.3, 0.4) is 0 Å². The predicted molar refractivity (Wildman–Crippen MR) is 66.5 cm³/mol. The fraction of sp³-hybridized carbons (Fsp3) is 0.833. The van der Waals surface area contributed by atoms with E-state index in [0.29, 0.717) is 0 Å². The van der Waals surface area contributed by atoms with E-state index in [-0.39, 0.29) is 29.7 Å². The highest BCUT2D eigenvalue weighted by Crippen LogP contribution is 2.17. The number of hydrogen-bond donors (Lipinski definition) is 1. The smallest absolute Gasteiger partial charge is 0.246 e. The van der Waals surface area contributed by atoms with Gasteiger partial charge in [0, 0.05) is 20.1 Å². The average Bonchev–Trinajstić information content (AvgIpc) is 2.41. The number of likely N-dealkylation sites (N-methyl/N-ethyl adjacent to an activating group) is 1. The molecular formula is C12H23N3O2. The highest BCUT2D eigenvalue weighted by molar-refractivity contribution is 6.05. The van der Waals surface area contributed by atoms with E-state index in [2.05, 4.69) is 24.1 Å².